The molecule has 0 spiro atoms. The van der Waals surface area contributed by atoms with Crippen molar-refractivity contribution in [3.8, 4) is 5.75 Å². The molecule has 24 heavy (non-hydrogen) atoms. The molecule has 5 heteroatoms. The predicted octanol–water partition coefficient (Wildman–Crippen LogP) is 2.66. The van der Waals surface area contributed by atoms with E-state index in [4.69, 9.17) is 4.74 Å². The molecular formula is C19H26N4O. The minimum Gasteiger partial charge on any atom is -0.486 e. The van der Waals surface area contributed by atoms with Gasteiger partial charge in [0.05, 0.1) is 6.54 Å². The van der Waals surface area contributed by atoms with Crippen molar-refractivity contribution in [3.05, 3.63) is 48.0 Å². The number of hydrogen-bond acceptors (Lipinski definition) is 4. The zero-order valence-corrected chi connectivity index (χ0v) is 14.4. The first kappa shape index (κ1) is 15.7. The van der Waals surface area contributed by atoms with Crippen LogP contribution in [-0.4, -0.2) is 52.1 Å². The fraction of sp³-hybridized carbons (Fsp3) is 0.526. The van der Waals surface area contributed by atoms with Gasteiger partial charge >= 0.3 is 0 Å². The van der Waals surface area contributed by atoms with Gasteiger partial charge in [0.25, 0.3) is 0 Å². The van der Waals surface area contributed by atoms with Crippen molar-refractivity contribution in [2.75, 3.05) is 26.7 Å². The van der Waals surface area contributed by atoms with Crippen LogP contribution in [0.25, 0.3) is 0 Å². The highest BCUT2D eigenvalue weighted by molar-refractivity contribution is 5.28. The summed E-state index contributed by atoms with van der Waals surface area (Å²) >= 11 is 0. The van der Waals surface area contributed by atoms with Gasteiger partial charge in [0.1, 0.15) is 17.2 Å². The molecule has 2 aromatic rings. The molecule has 2 atom stereocenters. The van der Waals surface area contributed by atoms with Crippen molar-refractivity contribution in [2.24, 2.45) is 0 Å². The number of fused-ring (bicyclic) bond motifs is 2. The van der Waals surface area contributed by atoms with E-state index in [9.17, 15) is 0 Å². The summed E-state index contributed by atoms with van der Waals surface area (Å²) in [5, 5.41) is 0. The topological polar surface area (TPSA) is 44.4 Å². The molecule has 2 aliphatic heterocycles. The highest BCUT2D eigenvalue weighted by Crippen LogP contribution is 2.35. The lowest BCUT2D eigenvalue weighted by molar-refractivity contribution is 0.0453. The second-order valence-electron chi connectivity index (χ2n) is 7.27. The van der Waals surface area contributed by atoms with Crippen LogP contribution in [0.4, 0.5) is 0 Å². The average molecular weight is 326 g/mol. The van der Waals surface area contributed by atoms with Crippen LogP contribution < -0.4 is 4.74 Å². The van der Waals surface area contributed by atoms with Gasteiger partial charge in [-0.25, -0.2) is 4.98 Å². The summed E-state index contributed by atoms with van der Waals surface area (Å²) in [6, 6.07) is 8.62. The maximum absolute atomic E-state index is 6.41. The summed E-state index contributed by atoms with van der Waals surface area (Å²) in [6.07, 6.45) is 7.28. The van der Waals surface area contributed by atoms with Gasteiger partial charge < -0.3 is 9.72 Å². The number of H-pyrrole nitrogens is 1. The molecule has 4 rings (SSSR count). The number of benzene rings is 1. The lowest BCUT2D eigenvalue weighted by Crippen LogP contribution is -2.43. The van der Waals surface area contributed by atoms with Crippen LogP contribution in [0.5, 0.6) is 5.75 Å². The Morgan fingerprint density at radius 1 is 1.21 bits per heavy atom. The van der Waals surface area contributed by atoms with Crippen LogP contribution in [-0.2, 0) is 13.1 Å². The molecule has 1 N–H and O–H groups in total. The van der Waals surface area contributed by atoms with Gasteiger partial charge in [-0.3, -0.25) is 9.80 Å². The number of ether oxygens (including phenoxy) is 1. The Hall–Kier alpha value is -1.85. The lowest BCUT2D eigenvalue weighted by atomic mass is 9.94. The molecule has 2 saturated heterocycles. The fourth-order valence-corrected chi connectivity index (χ4v) is 4.00. The van der Waals surface area contributed by atoms with E-state index in [1.807, 2.05) is 6.20 Å². The van der Waals surface area contributed by atoms with Crippen LogP contribution in [0, 0.1) is 0 Å². The van der Waals surface area contributed by atoms with E-state index in [1.165, 1.54) is 37.9 Å². The molecule has 2 fully saturated rings. The van der Waals surface area contributed by atoms with E-state index < -0.39 is 0 Å². The number of hydrogen-bond donors (Lipinski definition) is 1. The van der Waals surface area contributed by atoms with E-state index in [1.54, 1.807) is 6.20 Å². The van der Waals surface area contributed by atoms with Crippen LogP contribution >= 0.6 is 0 Å². The van der Waals surface area contributed by atoms with Crippen LogP contribution in [0.2, 0.25) is 0 Å². The van der Waals surface area contributed by atoms with Crippen molar-refractivity contribution >= 4 is 0 Å². The number of aromatic amines is 1. The second kappa shape index (κ2) is 6.57. The predicted molar refractivity (Wildman–Crippen MR) is 93.9 cm³/mol. The van der Waals surface area contributed by atoms with E-state index >= 15 is 0 Å². The average Bonchev–Trinajstić information content (AvgIpc) is 3.17. The molecule has 0 aliphatic carbocycles. The number of rotatable bonds is 6. The fourth-order valence-electron chi connectivity index (χ4n) is 4.00. The summed E-state index contributed by atoms with van der Waals surface area (Å²) in [4.78, 5) is 12.2. The Kier molecular flexibility index (Phi) is 4.29. The third kappa shape index (κ3) is 3.47. The van der Waals surface area contributed by atoms with Crippen molar-refractivity contribution < 1.29 is 4.74 Å². The minimum atomic E-state index is 0.0653. The molecule has 2 bridgehead atoms. The molecule has 1 unspecified atom stereocenters. The molecule has 2 aliphatic rings. The van der Waals surface area contributed by atoms with Gasteiger partial charge in [-0.2, -0.15) is 0 Å². The van der Waals surface area contributed by atoms with Gasteiger partial charge in [-0.1, -0.05) is 12.1 Å². The third-order valence-electron chi connectivity index (χ3n) is 5.19. The molecule has 128 valence electrons. The smallest absolute Gasteiger partial charge is 0.123 e. The van der Waals surface area contributed by atoms with E-state index in [-0.39, 0.29) is 5.60 Å². The Labute approximate surface area is 143 Å². The first-order valence-electron chi connectivity index (χ1n) is 8.88. The molecular weight excluding hydrogens is 300 g/mol. The first-order valence-corrected chi connectivity index (χ1v) is 8.88. The quantitative estimate of drug-likeness (QED) is 0.886. The van der Waals surface area contributed by atoms with Crippen molar-refractivity contribution in [1.29, 1.82) is 0 Å². The van der Waals surface area contributed by atoms with E-state index in [0.717, 1.165) is 31.2 Å². The number of imidazole rings is 1. The molecule has 0 radical (unpaired) electrons. The summed E-state index contributed by atoms with van der Waals surface area (Å²) in [5.41, 5.74) is 1.36. The first-order chi connectivity index (χ1) is 11.7. The largest absolute Gasteiger partial charge is 0.486 e. The molecule has 1 aromatic carbocycles. The summed E-state index contributed by atoms with van der Waals surface area (Å²) in [5.74, 6) is 2.01. The monoisotopic (exact) mass is 326 g/mol. The zero-order chi connectivity index (χ0) is 16.4. The van der Waals surface area contributed by atoms with Crippen molar-refractivity contribution in [1.82, 2.24) is 19.8 Å². The highest BCUT2D eigenvalue weighted by Gasteiger charge is 2.42. The van der Waals surface area contributed by atoms with Crippen LogP contribution in [0.15, 0.2) is 36.7 Å². The zero-order valence-electron chi connectivity index (χ0n) is 14.4. The van der Waals surface area contributed by atoms with Gasteiger partial charge in [-0.15, -0.1) is 0 Å². The Morgan fingerprint density at radius 3 is 2.88 bits per heavy atom. The maximum Gasteiger partial charge on any atom is 0.123 e. The second-order valence-corrected chi connectivity index (χ2v) is 7.27. The molecule has 5 nitrogen and oxygen atoms in total. The summed E-state index contributed by atoms with van der Waals surface area (Å²) < 4.78 is 6.41. The van der Waals surface area contributed by atoms with Gasteiger partial charge in [-0.05, 0) is 44.1 Å². The molecule has 0 saturated carbocycles. The Morgan fingerprint density at radius 2 is 2.08 bits per heavy atom. The number of nitrogens with one attached hydrogen (secondary N) is 1. The van der Waals surface area contributed by atoms with Gasteiger partial charge in [0.15, 0.2) is 0 Å². The van der Waals surface area contributed by atoms with E-state index in [2.05, 4.69) is 51.1 Å². The minimum absolute atomic E-state index is 0.0653. The number of aromatic nitrogens is 2. The normalized spacial score (nSPS) is 26.0. The molecule has 3 heterocycles. The van der Waals surface area contributed by atoms with E-state index in [0.29, 0.717) is 0 Å². The van der Waals surface area contributed by atoms with Gasteiger partial charge in [0, 0.05) is 38.4 Å². The molecule has 1 aromatic heterocycles. The maximum atomic E-state index is 6.41. The SMILES string of the molecule is CN(Cc1ccc(O[C@@]23CCCN(CC2)C3)cc1)Cc1ncc[nH]1. The highest BCUT2D eigenvalue weighted by atomic mass is 16.5. The third-order valence-corrected chi connectivity index (χ3v) is 5.19. The molecule has 0 amide bonds. The Balaban J connectivity index is 1.34. The summed E-state index contributed by atoms with van der Waals surface area (Å²) in [6.45, 7) is 5.26. The van der Waals surface area contributed by atoms with Crippen molar-refractivity contribution in [3.63, 3.8) is 0 Å². The number of piperidine rings is 1. The van der Waals surface area contributed by atoms with Crippen LogP contribution in [0.3, 0.4) is 0 Å². The standard InChI is InChI=1S/C19H26N4O/c1-22(14-18-20-9-10-21-18)13-16-3-5-17(6-4-16)24-19-7-2-11-23(15-19)12-8-19/h3-6,9-10H,2,7-8,11-15H2,1H3,(H,20,21)/t19-/m0/s1. The van der Waals surface area contributed by atoms with Crippen LogP contribution in [0.1, 0.15) is 30.7 Å². The number of nitrogens with zero attached hydrogens (tertiary/aromatic N) is 3. The Bertz CT molecular complexity index is 651. The van der Waals surface area contributed by atoms with Gasteiger partial charge in [0.2, 0.25) is 0 Å². The van der Waals surface area contributed by atoms with Crippen molar-refractivity contribution in [2.45, 2.75) is 38.0 Å². The summed E-state index contributed by atoms with van der Waals surface area (Å²) in [7, 11) is 2.11. The lowest BCUT2D eigenvalue weighted by Gasteiger charge is -2.34.